The Balaban J connectivity index is 1.62. The van der Waals surface area contributed by atoms with Crippen LogP contribution in [-0.2, 0) is 28.9 Å². The molecule has 0 spiro atoms. The molecule has 0 fully saturated rings. The number of carboxylic acids is 1. The normalized spacial score (nSPS) is 14.5. The maximum atomic E-state index is 12.6. The molecule has 0 unspecified atom stereocenters. The highest BCUT2D eigenvalue weighted by Crippen LogP contribution is 2.35. The Morgan fingerprint density at radius 3 is 2.61 bits per heavy atom. The Kier molecular flexibility index (Phi) is 5.85. The van der Waals surface area contributed by atoms with Crippen LogP contribution in [-0.4, -0.2) is 17.9 Å². The first kappa shape index (κ1) is 21.2. The Hall–Kier alpha value is -3.09. The number of carboxylic acid groups (broad SMARTS) is 1. The minimum absolute atomic E-state index is 0.00600. The third-order valence-electron chi connectivity index (χ3n) is 6.16. The molecule has 1 amide bonds. The molecule has 0 saturated carbocycles. The maximum absolute atomic E-state index is 12.6. The molecule has 1 aliphatic rings. The summed E-state index contributed by atoms with van der Waals surface area (Å²) in [4.78, 5) is 36.0. The number of rotatable bonds is 7. The van der Waals surface area contributed by atoms with Crippen molar-refractivity contribution in [2.45, 2.75) is 71.3 Å². The third-order valence-corrected chi connectivity index (χ3v) is 6.16. The molecule has 0 bridgehead atoms. The number of carbonyl (C=O) groups excluding carboxylic acids is 2. The highest BCUT2D eigenvalue weighted by molar-refractivity contribution is 5.97. The molecule has 1 N–H and O–H groups in total. The molecule has 0 saturated heterocycles. The fraction of sp³-hybridized carbons (Fsp3) is 0.458. The van der Waals surface area contributed by atoms with Gasteiger partial charge >= 0.3 is 5.63 Å². The molecule has 0 aliphatic heterocycles. The summed E-state index contributed by atoms with van der Waals surface area (Å²) in [6.07, 6.45) is 5.23. The lowest BCUT2D eigenvalue weighted by molar-refractivity contribution is -0.308. The number of nitrogens with one attached hydrogen (secondary N) is 1. The van der Waals surface area contributed by atoms with Crippen molar-refractivity contribution in [1.82, 2.24) is 5.32 Å². The molecule has 2 aromatic heterocycles. The average molecular weight is 424 g/mol. The van der Waals surface area contributed by atoms with E-state index in [0.717, 1.165) is 53.4 Å². The summed E-state index contributed by atoms with van der Waals surface area (Å²) in [6.45, 7) is 3.69. The molecule has 4 rings (SSSR count). The van der Waals surface area contributed by atoms with Gasteiger partial charge in [-0.3, -0.25) is 4.79 Å². The van der Waals surface area contributed by atoms with Gasteiger partial charge in [-0.15, -0.1) is 0 Å². The van der Waals surface area contributed by atoms with Crippen LogP contribution in [0, 0.1) is 6.92 Å². The summed E-state index contributed by atoms with van der Waals surface area (Å²) in [6, 6.07) is 2.78. The average Bonchev–Trinajstić information content (AvgIpc) is 3.09. The first-order valence-electron chi connectivity index (χ1n) is 10.9. The summed E-state index contributed by atoms with van der Waals surface area (Å²) in [5.41, 5.74) is 3.15. The Morgan fingerprint density at radius 2 is 1.87 bits per heavy atom. The number of fused-ring (bicyclic) bond motifs is 4. The van der Waals surface area contributed by atoms with Crippen molar-refractivity contribution < 1.29 is 23.5 Å². The van der Waals surface area contributed by atoms with Gasteiger partial charge in [0.05, 0.1) is 12.0 Å². The predicted molar refractivity (Wildman–Crippen MR) is 114 cm³/mol. The van der Waals surface area contributed by atoms with Crippen LogP contribution < -0.4 is 16.0 Å². The zero-order valence-electron chi connectivity index (χ0n) is 17.8. The van der Waals surface area contributed by atoms with Gasteiger partial charge in [0.1, 0.15) is 16.9 Å². The van der Waals surface area contributed by atoms with Gasteiger partial charge in [0, 0.05) is 40.8 Å². The monoisotopic (exact) mass is 424 g/mol. The van der Waals surface area contributed by atoms with E-state index in [-0.39, 0.29) is 12.8 Å². The van der Waals surface area contributed by atoms with Crippen molar-refractivity contribution in [2.75, 3.05) is 0 Å². The fourth-order valence-corrected chi connectivity index (χ4v) is 4.48. The quantitative estimate of drug-likeness (QED) is 0.584. The molecule has 1 atom stereocenters. The number of hydrogen-bond donors (Lipinski definition) is 1. The molecular formula is C24H26NO6-. The number of hydrogen-bond acceptors (Lipinski definition) is 6. The minimum Gasteiger partial charge on any atom is -0.548 e. The van der Waals surface area contributed by atoms with E-state index >= 15 is 0 Å². The molecule has 3 aromatic rings. The van der Waals surface area contributed by atoms with E-state index in [1.165, 1.54) is 5.56 Å². The van der Waals surface area contributed by atoms with E-state index in [2.05, 4.69) is 5.32 Å². The zero-order valence-corrected chi connectivity index (χ0v) is 17.8. The van der Waals surface area contributed by atoms with Crippen molar-refractivity contribution in [3.63, 3.8) is 0 Å². The highest BCUT2D eigenvalue weighted by atomic mass is 16.4. The third kappa shape index (κ3) is 4.09. The second-order valence-corrected chi connectivity index (χ2v) is 8.28. The first-order chi connectivity index (χ1) is 14.9. The van der Waals surface area contributed by atoms with Gasteiger partial charge < -0.3 is 24.1 Å². The van der Waals surface area contributed by atoms with Crippen LogP contribution in [0.15, 0.2) is 25.8 Å². The zero-order chi connectivity index (χ0) is 22.1. The van der Waals surface area contributed by atoms with Crippen molar-refractivity contribution >= 4 is 33.8 Å². The van der Waals surface area contributed by atoms with Crippen LogP contribution in [0.3, 0.4) is 0 Å². The van der Waals surface area contributed by atoms with E-state index in [4.69, 9.17) is 8.83 Å². The van der Waals surface area contributed by atoms with E-state index in [1.54, 1.807) is 6.07 Å². The number of furan rings is 1. The van der Waals surface area contributed by atoms with Gasteiger partial charge in [-0.2, -0.15) is 0 Å². The van der Waals surface area contributed by atoms with Crippen LogP contribution in [0.1, 0.15) is 61.5 Å². The topological polar surface area (TPSA) is 113 Å². The Morgan fingerprint density at radius 1 is 1.13 bits per heavy atom. The molecule has 1 aliphatic carbocycles. The minimum atomic E-state index is -1.30. The van der Waals surface area contributed by atoms with E-state index in [0.29, 0.717) is 24.0 Å². The molecule has 7 heteroatoms. The number of benzene rings is 1. The maximum Gasteiger partial charge on any atom is 0.339 e. The summed E-state index contributed by atoms with van der Waals surface area (Å²) >= 11 is 0. The van der Waals surface area contributed by atoms with Crippen molar-refractivity contribution in [3.05, 3.63) is 45.0 Å². The largest absolute Gasteiger partial charge is 0.548 e. The van der Waals surface area contributed by atoms with Gasteiger partial charge in [0.15, 0.2) is 0 Å². The van der Waals surface area contributed by atoms with Gasteiger partial charge in [-0.25, -0.2) is 4.79 Å². The van der Waals surface area contributed by atoms with E-state index < -0.39 is 23.5 Å². The summed E-state index contributed by atoms with van der Waals surface area (Å²) in [5.74, 6) is -0.715. The predicted octanol–water partition coefficient (Wildman–Crippen LogP) is 2.69. The van der Waals surface area contributed by atoms with Crippen LogP contribution in [0.2, 0.25) is 0 Å². The number of aliphatic carboxylic acids is 1. The fourth-order valence-electron chi connectivity index (χ4n) is 4.48. The van der Waals surface area contributed by atoms with Crippen LogP contribution in [0.25, 0.3) is 21.9 Å². The van der Waals surface area contributed by atoms with E-state index in [9.17, 15) is 19.5 Å². The Bertz CT molecular complexity index is 1220. The van der Waals surface area contributed by atoms with Gasteiger partial charge in [-0.05, 0) is 50.7 Å². The molecular weight excluding hydrogens is 398 g/mol. The highest BCUT2D eigenvalue weighted by Gasteiger charge is 2.21. The lowest BCUT2D eigenvalue weighted by Gasteiger charge is -2.19. The SMILES string of the molecule is CCC[C@H](NC(=O)CCc1c(C)c2cc3c4c(oc3cc2oc1=O)CCCC4)C(=O)[O-]. The number of carbonyl (C=O) groups is 2. The second-order valence-electron chi connectivity index (χ2n) is 8.28. The summed E-state index contributed by atoms with van der Waals surface area (Å²) in [5, 5.41) is 15.5. The van der Waals surface area contributed by atoms with Crippen LogP contribution in [0.4, 0.5) is 0 Å². The Labute approximate surface area is 179 Å². The van der Waals surface area contributed by atoms with Crippen LogP contribution >= 0.6 is 0 Å². The molecule has 2 heterocycles. The van der Waals surface area contributed by atoms with Crippen LogP contribution in [0.5, 0.6) is 0 Å². The van der Waals surface area contributed by atoms with Gasteiger partial charge in [0.2, 0.25) is 5.91 Å². The standard InChI is InChI=1S/C24H27NO6/c1-3-6-18(23(27)28)25-22(26)10-9-14-13(2)16-11-17-15-7-4-5-8-19(15)30-21(17)12-20(16)31-24(14)29/h11-12,18H,3-10H2,1-2H3,(H,25,26)(H,27,28)/p-1/t18-/m0/s1. The lowest BCUT2D eigenvalue weighted by Crippen LogP contribution is -2.47. The summed E-state index contributed by atoms with van der Waals surface area (Å²) in [7, 11) is 0. The molecule has 164 valence electrons. The first-order valence-corrected chi connectivity index (χ1v) is 10.9. The molecule has 1 aromatic carbocycles. The molecule has 7 nitrogen and oxygen atoms in total. The number of amides is 1. The van der Waals surface area contributed by atoms with Crippen molar-refractivity contribution in [1.29, 1.82) is 0 Å². The van der Waals surface area contributed by atoms with Gasteiger partial charge in [-0.1, -0.05) is 13.3 Å². The molecule has 0 radical (unpaired) electrons. The van der Waals surface area contributed by atoms with Crippen molar-refractivity contribution in [2.24, 2.45) is 0 Å². The summed E-state index contributed by atoms with van der Waals surface area (Å²) < 4.78 is 11.5. The lowest BCUT2D eigenvalue weighted by atomic mass is 9.94. The van der Waals surface area contributed by atoms with E-state index in [1.807, 2.05) is 19.9 Å². The molecule has 31 heavy (non-hydrogen) atoms. The van der Waals surface area contributed by atoms with Gasteiger partial charge in [0.25, 0.3) is 0 Å². The van der Waals surface area contributed by atoms with Crippen molar-refractivity contribution in [3.8, 4) is 0 Å². The smallest absolute Gasteiger partial charge is 0.339 e. The number of aryl methyl sites for hydroxylation is 3. The second kappa shape index (κ2) is 8.57.